The van der Waals surface area contributed by atoms with E-state index in [1.807, 2.05) is 62.9 Å². The van der Waals surface area contributed by atoms with E-state index in [0.29, 0.717) is 37.6 Å². The van der Waals surface area contributed by atoms with Crippen molar-refractivity contribution in [2.24, 2.45) is 0 Å². The molecule has 1 fully saturated rings. The lowest BCUT2D eigenvalue weighted by molar-refractivity contribution is -0.122. The first kappa shape index (κ1) is 24.2. The topological polar surface area (TPSA) is 79.0 Å². The van der Waals surface area contributed by atoms with Crippen LogP contribution in [0.25, 0.3) is 0 Å². The smallest absolute Gasteiger partial charge is 0.243 e. The number of piperazine rings is 1. The lowest BCUT2D eigenvalue weighted by Crippen LogP contribution is -2.51. The number of rotatable bonds is 7. The zero-order valence-electron chi connectivity index (χ0n) is 19.6. The molecule has 0 spiro atoms. The molecule has 7 nitrogen and oxygen atoms in total. The van der Waals surface area contributed by atoms with Gasteiger partial charge in [-0.05, 0) is 67.6 Å². The van der Waals surface area contributed by atoms with Crippen molar-refractivity contribution in [2.45, 2.75) is 39.1 Å². The number of nitrogens with one attached hydrogen (secondary N) is 1. The summed E-state index contributed by atoms with van der Waals surface area (Å²) in [5.41, 5.74) is 4.59. The van der Waals surface area contributed by atoms with Crippen molar-refractivity contribution in [2.75, 3.05) is 39.8 Å². The van der Waals surface area contributed by atoms with Gasteiger partial charge in [-0.2, -0.15) is 4.31 Å². The second-order valence-electron chi connectivity index (χ2n) is 8.39. The predicted molar refractivity (Wildman–Crippen MR) is 125 cm³/mol. The molecule has 0 aliphatic carbocycles. The van der Waals surface area contributed by atoms with Gasteiger partial charge in [0.05, 0.1) is 18.6 Å². The molecule has 0 saturated carbocycles. The number of benzene rings is 2. The largest absolute Gasteiger partial charge is 0.497 e. The van der Waals surface area contributed by atoms with E-state index in [2.05, 4.69) is 5.32 Å². The summed E-state index contributed by atoms with van der Waals surface area (Å²) in [6, 6.07) is 9.59. The molecule has 0 unspecified atom stereocenters. The molecule has 1 heterocycles. The fourth-order valence-electron chi connectivity index (χ4n) is 4.03. The minimum absolute atomic E-state index is 0.0712. The summed E-state index contributed by atoms with van der Waals surface area (Å²) >= 11 is 0. The van der Waals surface area contributed by atoms with E-state index in [0.717, 1.165) is 33.6 Å². The van der Waals surface area contributed by atoms with Crippen molar-refractivity contribution in [1.29, 1.82) is 0 Å². The molecule has 32 heavy (non-hydrogen) atoms. The number of amides is 1. The maximum Gasteiger partial charge on any atom is 0.243 e. The van der Waals surface area contributed by atoms with E-state index >= 15 is 0 Å². The van der Waals surface area contributed by atoms with Crippen molar-refractivity contribution >= 4 is 15.9 Å². The van der Waals surface area contributed by atoms with Crippen LogP contribution in [0, 0.1) is 27.7 Å². The molecule has 3 rings (SSSR count). The zero-order chi connectivity index (χ0) is 23.5. The monoisotopic (exact) mass is 459 g/mol. The van der Waals surface area contributed by atoms with Crippen LogP contribution in [0.4, 0.5) is 0 Å². The Balaban J connectivity index is 1.56. The quantitative estimate of drug-likeness (QED) is 0.689. The molecule has 0 aromatic heterocycles. The number of carbonyl (C=O) groups is 1. The standard InChI is InChI=1S/C24H33N3O4S/c1-17-14-18(2)20(4)24(19(17)3)32(29,30)27-12-10-26(11-13-27)16-23(28)25-15-21-6-8-22(31-5)9-7-21/h6-9,14H,10-13,15-16H2,1-5H3,(H,25,28). The van der Waals surface area contributed by atoms with Gasteiger partial charge >= 0.3 is 0 Å². The molecular weight excluding hydrogens is 426 g/mol. The van der Waals surface area contributed by atoms with Crippen LogP contribution in [0.2, 0.25) is 0 Å². The average Bonchev–Trinajstić information content (AvgIpc) is 2.77. The molecule has 8 heteroatoms. The summed E-state index contributed by atoms with van der Waals surface area (Å²) in [5.74, 6) is 0.706. The van der Waals surface area contributed by atoms with Crippen LogP contribution in [0.5, 0.6) is 5.75 Å². The molecule has 1 saturated heterocycles. The highest BCUT2D eigenvalue weighted by Crippen LogP contribution is 2.29. The highest BCUT2D eigenvalue weighted by Gasteiger charge is 2.32. The average molecular weight is 460 g/mol. The number of aryl methyl sites for hydroxylation is 2. The Kier molecular flexibility index (Phi) is 7.59. The number of hydrogen-bond donors (Lipinski definition) is 1. The van der Waals surface area contributed by atoms with Gasteiger partial charge in [-0.3, -0.25) is 9.69 Å². The van der Waals surface area contributed by atoms with Crippen molar-refractivity contribution in [3.63, 3.8) is 0 Å². The van der Waals surface area contributed by atoms with Crippen LogP contribution >= 0.6 is 0 Å². The summed E-state index contributed by atoms with van der Waals surface area (Å²) in [6.45, 7) is 10.1. The van der Waals surface area contributed by atoms with Crippen LogP contribution in [0.15, 0.2) is 35.2 Å². The number of hydrogen-bond acceptors (Lipinski definition) is 5. The summed E-state index contributed by atoms with van der Waals surface area (Å²) < 4.78 is 33.5. The Bertz CT molecular complexity index is 1050. The second-order valence-corrected chi connectivity index (χ2v) is 10.3. The summed E-state index contributed by atoms with van der Waals surface area (Å²) in [4.78, 5) is 14.8. The van der Waals surface area contributed by atoms with Gasteiger partial charge in [0.1, 0.15) is 5.75 Å². The molecule has 1 amide bonds. The number of sulfonamides is 1. The maximum atomic E-state index is 13.4. The number of ether oxygens (including phenoxy) is 1. The van der Waals surface area contributed by atoms with Gasteiger partial charge in [-0.1, -0.05) is 18.2 Å². The lowest BCUT2D eigenvalue weighted by Gasteiger charge is -2.34. The fraction of sp³-hybridized carbons (Fsp3) is 0.458. The minimum atomic E-state index is -3.58. The van der Waals surface area contributed by atoms with E-state index in [1.165, 1.54) is 0 Å². The highest BCUT2D eigenvalue weighted by atomic mass is 32.2. The van der Waals surface area contributed by atoms with Gasteiger partial charge in [0, 0.05) is 32.7 Å². The van der Waals surface area contributed by atoms with Gasteiger partial charge in [-0.25, -0.2) is 8.42 Å². The van der Waals surface area contributed by atoms with Crippen molar-refractivity contribution in [1.82, 2.24) is 14.5 Å². The molecule has 0 atom stereocenters. The zero-order valence-corrected chi connectivity index (χ0v) is 20.4. The molecule has 0 bridgehead atoms. The first-order chi connectivity index (χ1) is 15.1. The van der Waals surface area contributed by atoms with Gasteiger partial charge in [0.2, 0.25) is 15.9 Å². The Morgan fingerprint density at radius 3 is 2.06 bits per heavy atom. The van der Waals surface area contributed by atoms with E-state index in [1.54, 1.807) is 11.4 Å². The molecule has 0 radical (unpaired) electrons. The third-order valence-electron chi connectivity index (χ3n) is 6.24. The first-order valence-corrected chi connectivity index (χ1v) is 12.3. The number of carbonyl (C=O) groups excluding carboxylic acids is 1. The summed E-state index contributed by atoms with van der Waals surface area (Å²) in [7, 11) is -1.96. The lowest BCUT2D eigenvalue weighted by atomic mass is 10.0. The molecule has 1 aliphatic heterocycles. The van der Waals surface area contributed by atoms with E-state index in [-0.39, 0.29) is 12.5 Å². The third kappa shape index (κ3) is 5.31. The predicted octanol–water partition coefficient (Wildman–Crippen LogP) is 2.55. The molecule has 174 valence electrons. The SMILES string of the molecule is COc1ccc(CNC(=O)CN2CCN(S(=O)(=O)c3c(C)c(C)cc(C)c3C)CC2)cc1. The van der Waals surface area contributed by atoms with Crippen LogP contribution in [-0.4, -0.2) is 63.4 Å². The van der Waals surface area contributed by atoms with Crippen LogP contribution in [0.3, 0.4) is 0 Å². The van der Waals surface area contributed by atoms with Gasteiger partial charge in [-0.15, -0.1) is 0 Å². The summed E-state index contributed by atoms with van der Waals surface area (Å²) in [5, 5.41) is 2.93. The number of nitrogens with zero attached hydrogens (tertiary/aromatic N) is 2. The normalized spacial score (nSPS) is 15.5. The minimum Gasteiger partial charge on any atom is -0.497 e. The van der Waals surface area contributed by atoms with Gasteiger partial charge in [0.15, 0.2) is 0 Å². The Morgan fingerprint density at radius 2 is 1.53 bits per heavy atom. The van der Waals surface area contributed by atoms with Crippen LogP contribution in [0.1, 0.15) is 27.8 Å². The Labute approximate surface area is 191 Å². The van der Waals surface area contributed by atoms with E-state index in [9.17, 15) is 13.2 Å². The van der Waals surface area contributed by atoms with Crippen molar-refractivity contribution in [3.8, 4) is 5.75 Å². The number of methoxy groups -OCH3 is 1. The summed E-state index contributed by atoms with van der Waals surface area (Å²) in [6.07, 6.45) is 0. The van der Waals surface area contributed by atoms with Crippen molar-refractivity contribution in [3.05, 3.63) is 58.1 Å². The molecule has 1 aliphatic rings. The van der Waals surface area contributed by atoms with Crippen LogP contribution < -0.4 is 10.1 Å². The van der Waals surface area contributed by atoms with Gasteiger partial charge < -0.3 is 10.1 Å². The second kappa shape index (κ2) is 10.0. The highest BCUT2D eigenvalue weighted by molar-refractivity contribution is 7.89. The molecule has 2 aromatic rings. The van der Waals surface area contributed by atoms with E-state index < -0.39 is 10.0 Å². The first-order valence-electron chi connectivity index (χ1n) is 10.8. The van der Waals surface area contributed by atoms with Crippen molar-refractivity contribution < 1.29 is 17.9 Å². The van der Waals surface area contributed by atoms with E-state index in [4.69, 9.17) is 4.74 Å². The Morgan fingerprint density at radius 1 is 0.969 bits per heavy atom. The Hall–Kier alpha value is -2.42. The fourth-order valence-corrected chi connectivity index (χ4v) is 6.03. The third-order valence-corrected chi connectivity index (χ3v) is 8.42. The van der Waals surface area contributed by atoms with Gasteiger partial charge in [0.25, 0.3) is 0 Å². The van der Waals surface area contributed by atoms with Crippen LogP contribution in [-0.2, 0) is 21.4 Å². The molecule has 1 N–H and O–H groups in total. The molecular formula is C24H33N3O4S. The molecule has 2 aromatic carbocycles. The maximum absolute atomic E-state index is 13.4.